The van der Waals surface area contributed by atoms with Gasteiger partial charge >= 0.3 is 6.61 Å². The summed E-state index contributed by atoms with van der Waals surface area (Å²) >= 11 is 0. The van der Waals surface area contributed by atoms with Crippen LogP contribution in [0.15, 0.2) is 29.3 Å². The molecule has 0 aliphatic carbocycles. The average Bonchev–Trinajstić information content (AvgIpc) is 3.41. The summed E-state index contributed by atoms with van der Waals surface area (Å²) in [5.41, 5.74) is 0.640. The van der Waals surface area contributed by atoms with Crippen molar-refractivity contribution in [3.8, 4) is 5.75 Å². The Morgan fingerprint density at radius 2 is 2.16 bits per heavy atom. The molecule has 8 nitrogen and oxygen atoms in total. The third-order valence-electron chi connectivity index (χ3n) is 5.34. The van der Waals surface area contributed by atoms with Crippen LogP contribution in [0.1, 0.15) is 19.3 Å². The number of aliphatic imine (C=N–C) groups is 1. The molecular weight excluding hydrogens is 408 g/mol. The summed E-state index contributed by atoms with van der Waals surface area (Å²) in [6.45, 7) is -0.155. The minimum Gasteiger partial charge on any atom is -0.433 e. The predicted octanol–water partition coefficient (Wildman–Crippen LogP) is 1.67. The molecule has 2 heterocycles. The molecule has 0 saturated carbocycles. The quantitative estimate of drug-likeness (QED) is 0.474. The molecule has 2 aliphatic rings. The first-order chi connectivity index (χ1) is 14.9. The first-order valence-corrected chi connectivity index (χ1v) is 10.6. The van der Waals surface area contributed by atoms with Crippen LogP contribution in [-0.4, -0.2) is 82.4 Å². The molecule has 2 N–H and O–H groups in total. The molecule has 172 valence electrons. The minimum atomic E-state index is -2.87. The van der Waals surface area contributed by atoms with Crippen LogP contribution in [0.4, 0.5) is 14.5 Å². The maximum atomic E-state index is 12.7. The summed E-state index contributed by atoms with van der Waals surface area (Å²) in [5, 5.41) is 6.65. The van der Waals surface area contributed by atoms with E-state index < -0.39 is 6.61 Å². The maximum absolute atomic E-state index is 12.7. The fourth-order valence-corrected chi connectivity index (χ4v) is 3.66. The number of ether oxygens (including phenoxy) is 2. The summed E-state index contributed by atoms with van der Waals surface area (Å²) in [5.74, 6) is 0.624. The molecule has 1 aromatic carbocycles. The number of amides is 1. The number of para-hydroxylation sites is 2. The van der Waals surface area contributed by atoms with Gasteiger partial charge < -0.3 is 29.9 Å². The van der Waals surface area contributed by atoms with E-state index in [-0.39, 0.29) is 30.3 Å². The van der Waals surface area contributed by atoms with E-state index in [1.54, 1.807) is 38.4 Å². The monoisotopic (exact) mass is 439 g/mol. The van der Waals surface area contributed by atoms with Crippen LogP contribution in [0.25, 0.3) is 0 Å². The number of anilines is 1. The zero-order valence-electron chi connectivity index (χ0n) is 18.0. The van der Waals surface area contributed by atoms with Gasteiger partial charge in [0.05, 0.1) is 11.8 Å². The van der Waals surface area contributed by atoms with Gasteiger partial charge in [-0.25, -0.2) is 4.99 Å². The number of nitrogens with zero attached hydrogens (tertiary/aromatic N) is 3. The molecule has 0 aromatic heterocycles. The molecule has 2 fully saturated rings. The van der Waals surface area contributed by atoms with E-state index in [1.165, 1.54) is 4.90 Å². The second-order valence-corrected chi connectivity index (χ2v) is 7.89. The van der Waals surface area contributed by atoms with Crippen molar-refractivity contribution in [1.82, 2.24) is 15.5 Å². The van der Waals surface area contributed by atoms with E-state index in [2.05, 4.69) is 20.4 Å². The lowest BCUT2D eigenvalue weighted by Gasteiger charge is -2.23. The zero-order valence-corrected chi connectivity index (χ0v) is 18.0. The molecule has 3 rings (SSSR count). The molecule has 0 bridgehead atoms. The number of halogens is 2. The Kier molecular flexibility index (Phi) is 8.27. The van der Waals surface area contributed by atoms with Crippen molar-refractivity contribution in [2.45, 2.75) is 38.0 Å². The summed E-state index contributed by atoms with van der Waals surface area (Å²) in [4.78, 5) is 19.9. The van der Waals surface area contributed by atoms with E-state index in [0.29, 0.717) is 31.3 Å². The maximum Gasteiger partial charge on any atom is 0.387 e. The first-order valence-electron chi connectivity index (χ1n) is 10.6. The van der Waals surface area contributed by atoms with Crippen molar-refractivity contribution in [2.75, 3.05) is 51.8 Å². The summed E-state index contributed by atoms with van der Waals surface area (Å²) in [7, 11) is 3.39. The highest BCUT2D eigenvalue weighted by atomic mass is 19.3. The minimum absolute atomic E-state index is 0.0371. The molecule has 0 radical (unpaired) electrons. The Bertz CT molecular complexity index is 756. The van der Waals surface area contributed by atoms with Crippen molar-refractivity contribution in [2.24, 2.45) is 4.99 Å². The molecule has 1 amide bonds. The van der Waals surface area contributed by atoms with Crippen LogP contribution in [0, 0.1) is 0 Å². The number of likely N-dealkylation sites (N-methyl/N-ethyl adjacent to an activating group) is 1. The number of rotatable bonds is 8. The normalized spacial score (nSPS) is 21.5. The fourth-order valence-electron chi connectivity index (χ4n) is 3.66. The molecule has 1 aromatic rings. The topological polar surface area (TPSA) is 78.4 Å². The lowest BCUT2D eigenvalue weighted by molar-refractivity contribution is -0.127. The number of hydrogen-bond donors (Lipinski definition) is 2. The lowest BCUT2D eigenvalue weighted by Crippen LogP contribution is -2.47. The first kappa shape index (κ1) is 23.1. The summed E-state index contributed by atoms with van der Waals surface area (Å²) < 4.78 is 35.8. The summed E-state index contributed by atoms with van der Waals surface area (Å²) in [6, 6.07) is 6.85. The second kappa shape index (κ2) is 11.1. The van der Waals surface area contributed by atoms with Gasteiger partial charge in [-0.1, -0.05) is 12.1 Å². The SMILES string of the molecule is CN(C)C(=O)CN=C(NCC1CCCO1)NC1CCN(c2ccccc2OC(F)F)C1. The van der Waals surface area contributed by atoms with Crippen molar-refractivity contribution < 1.29 is 23.0 Å². The van der Waals surface area contributed by atoms with Crippen LogP contribution in [0.5, 0.6) is 5.75 Å². The highest BCUT2D eigenvalue weighted by molar-refractivity contribution is 5.85. The largest absolute Gasteiger partial charge is 0.433 e. The second-order valence-electron chi connectivity index (χ2n) is 7.89. The van der Waals surface area contributed by atoms with Gasteiger partial charge in [0.1, 0.15) is 12.3 Å². The van der Waals surface area contributed by atoms with Crippen molar-refractivity contribution in [3.05, 3.63) is 24.3 Å². The number of alkyl halides is 2. The van der Waals surface area contributed by atoms with Gasteiger partial charge in [-0.2, -0.15) is 8.78 Å². The number of hydrogen-bond acceptors (Lipinski definition) is 5. The van der Waals surface area contributed by atoms with Crippen LogP contribution in [-0.2, 0) is 9.53 Å². The van der Waals surface area contributed by atoms with E-state index >= 15 is 0 Å². The standard InChI is InChI=1S/C21H31F2N5O3/c1-27(2)19(29)13-25-21(24-12-16-6-5-11-30-16)26-15-9-10-28(14-15)17-7-3-4-8-18(17)31-20(22)23/h3-4,7-8,15-16,20H,5-6,9-14H2,1-2H3,(H2,24,25,26). The van der Waals surface area contributed by atoms with Gasteiger partial charge in [0.25, 0.3) is 0 Å². The Labute approximate surface area is 181 Å². The highest BCUT2D eigenvalue weighted by Crippen LogP contribution is 2.31. The van der Waals surface area contributed by atoms with Crippen LogP contribution < -0.4 is 20.3 Å². The predicted molar refractivity (Wildman–Crippen MR) is 115 cm³/mol. The van der Waals surface area contributed by atoms with Gasteiger partial charge in [-0.15, -0.1) is 0 Å². The molecular formula is C21H31F2N5O3. The van der Waals surface area contributed by atoms with Crippen LogP contribution in [0.3, 0.4) is 0 Å². The molecule has 2 saturated heterocycles. The number of nitrogens with one attached hydrogen (secondary N) is 2. The van der Waals surface area contributed by atoms with E-state index in [9.17, 15) is 13.6 Å². The number of benzene rings is 1. The third kappa shape index (κ3) is 6.95. The Morgan fingerprint density at radius 1 is 1.35 bits per heavy atom. The van der Waals surface area contributed by atoms with Gasteiger partial charge in [0.2, 0.25) is 5.91 Å². The highest BCUT2D eigenvalue weighted by Gasteiger charge is 2.26. The fraction of sp³-hybridized carbons (Fsp3) is 0.619. The number of guanidine groups is 1. The summed E-state index contributed by atoms with van der Waals surface area (Å²) in [6.07, 6.45) is 2.97. The number of carbonyl (C=O) groups is 1. The van der Waals surface area contributed by atoms with Gasteiger partial charge in [0, 0.05) is 46.4 Å². The van der Waals surface area contributed by atoms with Crippen LogP contribution in [0.2, 0.25) is 0 Å². The van der Waals surface area contributed by atoms with Crippen molar-refractivity contribution in [3.63, 3.8) is 0 Å². The third-order valence-corrected chi connectivity index (χ3v) is 5.34. The van der Waals surface area contributed by atoms with Crippen molar-refractivity contribution in [1.29, 1.82) is 0 Å². The zero-order chi connectivity index (χ0) is 22.2. The molecule has 2 atom stereocenters. The molecule has 0 spiro atoms. The van der Waals surface area contributed by atoms with E-state index in [1.807, 2.05) is 4.90 Å². The van der Waals surface area contributed by atoms with Gasteiger partial charge in [-0.3, -0.25) is 4.79 Å². The Hall–Kier alpha value is -2.62. The molecule has 2 unspecified atom stereocenters. The van der Waals surface area contributed by atoms with Crippen LogP contribution >= 0.6 is 0 Å². The van der Waals surface area contributed by atoms with E-state index in [4.69, 9.17) is 4.74 Å². The van der Waals surface area contributed by atoms with Gasteiger partial charge in [0.15, 0.2) is 5.96 Å². The average molecular weight is 440 g/mol. The molecule has 10 heteroatoms. The lowest BCUT2D eigenvalue weighted by atomic mass is 10.2. The van der Waals surface area contributed by atoms with Crippen molar-refractivity contribution >= 4 is 17.6 Å². The molecule has 2 aliphatic heterocycles. The van der Waals surface area contributed by atoms with Gasteiger partial charge in [-0.05, 0) is 31.4 Å². The molecule has 31 heavy (non-hydrogen) atoms. The Morgan fingerprint density at radius 3 is 2.87 bits per heavy atom. The smallest absolute Gasteiger partial charge is 0.387 e. The Balaban J connectivity index is 1.61. The van der Waals surface area contributed by atoms with E-state index in [0.717, 1.165) is 25.9 Å². The number of carbonyl (C=O) groups excluding carboxylic acids is 1.